The van der Waals surface area contributed by atoms with Gasteiger partial charge in [0.2, 0.25) is 0 Å². The van der Waals surface area contributed by atoms with Crippen molar-refractivity contribution in [2.45, 2.75) is 50.4 Å². The number of aliphatic hydroxyl groups is 1. The number of carbonyl (C=O) groups is 1. The van der Waals surface area contributed by atoms with Gasteiger partial charge in [0.15, 0.2) is 12.1 Å². The molecule has 4 atom stereocenters. The normalized spacial score (nSPS) is 23.1. The van der Waals surface area contributed by atoms with Crippen molar-refractivity contribution >= 4 is 17.7 Å². The van der Waals surface area contributed by atoms with Gasteiger partial charge in [-0.15, -0.1) is 0 Å². The molecule has 4 N–H and O–H groups in total. The number of nitrogens with one attached hydrogen (secondary N) is 1. The number of nitrogen functional groups attached to an aromatic ring is 1. The summed E-state index contributed by atoms with van der Waals surface area (Å²) >= 11 is 0. The van der Waals surface area contributed by atoms with Gasteiger partial charge in [0, 0.05) is 31.1 Å². The molecular weight excluding hydrogens is 468 g/mol. The third-order valence-corrected chi connectivity index (χ3v) is 6.66. The van der Waals surface area contributed by atoms with Crippen LogP contribution in [-0.2, 0) is 4.74 Å². The van der Waals surface area contributed by atoms with Crippen molar-refractivity contribution in [1.29, 1.82) is 0 Å². The highest BCUT2D eigenvalue weighted by Crippen LogP contribution is 2.42. The Morgan fingerprint density at radius 2 is 1.92 bits per heavy atom. The van der Waals surface area contributed by atoms with Gasteiger partial charge in [0.25, 0.3) is 0 Å². The minimum absolute atomic E-state index is 0.0141. The topological polar surface area (TPSA) is 123 Å². The summed E-state index contributed by atoms with van der Waals surface area (Å²) < 4.78 is 33.1. The Bertz CT molecular complexity index is 1190. The summed E-state index contributed by atoms with van der Waals surface area (Å²) in [7, 11) is 1.89. The molecule has 1 saturated carbocycles. The first kappa shape index (κ1) is 25.6. The highest BCUT2D eigenvalue weighted by molar-refractivity contribution is 5.80. The number of nitrogens with two attached hydrogens (primary N) is 1. The third-order valence-electron chi connectivity index (χ3n) is 6.66. The van der Waals surface area contributed by atoms with E-state index in [-0.39, 0.29) is 41.1 Å². The highest BCUT2D eigenvalue weighted by atomic mass is 19.1. The van der Waals surface area contributed by atoms with Crippen LogP contribution in [0.2, 0.25) is 0 Å². The van der Waals surface area contributed by atoms with Crippen molar-refractivity contribution in [2.75, 3.05) is 18.1 Å². The molecule has 1 saturated heterocycles. The molecule has 3 heterocycles. The van der Waals surface area contributed by atoms with Crippen LogP contribution >= 0.6 is 0 Å². The molecule has 0 bridgehead atoms. The van der Waals surface area contributed by atoms with Gasteiger partial charge in [-0.1, -0.05) is 18.9 Å². The second-order valence-corrected chi connectivity index (χ2v) is 8.88. The van der Waals surface area contributed by atoms with E-state index in [1.165, 1.54) is 18.9 Å². The van der Waals surface area contributed by atoms with Crippen LogP contribution in [0.1, 0.15) is 54.3 Å². The van der Waals surface area contributed by atoms with Crippen LogP contribution in [0.3, 0.4) is 0 Å². The number of pyridine rings is 1. The molecule has 0 amide bonds. The lowest BCUT2D eigenvalue weighted by Crippen LogP contribution is -2.43. The molecule has 10 heteroatoms. The van der Waals surface area contributed by atoms with Crippen LogP contribution in [0, 0.1) is 17.6 Å². The lowest BCUT2D eigenvalue weighted by atomic mass is 9.78. The summed E-state index contributed by atoms with van der Waals surface area (Å²) in [5, 5.41) is 13.5. The van der Waals surface area contributed by atoms with Gasteiger partial charge in [-0.2, -0.15) is 0 Å². The highest BCUT2D eigenvalue weighted by Gasteiger charge is 2.39. The van der Waals surface area contributed by atoms with Crippen molar-refractivity contribution in [1.82, 2.24) is 15.0 Å². The molecule has 2 aliphatic rings. The Morgan fingerprint density at radius 3 is 2.64 bits per heavy atom. The lowest BCUT2D eigenvalue weighted by molar-refractivity contribution is -0.151. The zero-order chi connectivity index (χ0) is 25.7. The molecule has 0 radical (unpaired) electrons. The first-order valence-electron chi connectivity index (χ1n) is 11.9. The first-order valence-corrected chi connectivity index (χ1v) is 11.9. The summed E-state index contributed by atoms with van der Waals surface area (Å²) in [5.41, 5.74) is 7.09. The summed E-state index contributed by atoms with van der Waals surface area (Å²) in [4.78, 5) is 22.2. The van der Waals surface area contributed by atoms with E-state index in [2.05, 4.69) is 20.3 Å². The summed E-state index contributed by atoms with van der Waals surface area (Å²) in [5.74, 6) is -1.47. The van der Waals surface area contributed by atoms with Gasteiger partial charge in [-0.3, -0.25) is 9.78 Å². The average Bonchev–Trinajstić information content (AvgIpc) is 2.90. The molecule has 2 unspecified atom stereocenters. The molecule has 8 nitrogen and oxygen atoms in total. The molecule has 190 valence electrons. The fraction of sp³-hybridized carbons (Fsp3) is 0.385. The number of hydrogen-bond acceptors (Lipinski definition) is 8. The summed E-state index contributed by atoms with van der Waals surface area (Å²) in [6.07, 6.45) is 10.4. The molecule has 1 aliphatic carbocycles. The maximum atomic E-state index is 13.4. The van der Waals surface area contributed by atoms with Crippen LogP contribution in [0.15, 0.2) is 42.9 Å². The Morgan fingerprint density at radius 1 is 1.17 bits per heavy atom. The minimum Gasteiger partial charge on any atom is -0.396 e. The Kier molecular flexibility index (Phi) is 8.17. The Balaban J connectivity index is 0.000000170. The number of anilines is 2. The number of rotatable bonds is 4. The van der Waals surface area contributed by atoms with Gasteiger partial charge >= 0.3 is 0 Å². The average molecular weight is 498 g/mol. The zero-order valence-corrected chi connectivity index (χ0v) is 19.9. The summed E-state index contributed by atoms with van der Waals surface area (Å²) in [6, 6.07) is 5.38. The number of ether oxygens (including phenoxy) is 1. The minimum atomic E-state index is -0.799. The molecule has 2 fully saturated rings. The first-order chi connectivity index (χ1) is 17.4. The third kappa shape index (κ3) is 5.50. The van der Waals surface area contributed by atoms with E-state index >= 15 is 0 Å². The van der Waals surface area contributed by atoms with Crippen LogP contribution in [-0.4, -0.2) is 45.6 Å². The summed E-state index contributed by atoms with van der Waals surface area (Å²) in [6.45, 7) is 0. The fourth-order valence-corrected chi connectivity index (χ4v) is 4.82. The number of aldehydes is 1. The SMILES string of the molecule is CNc1cnccc1C1CC(O)[C@H]2CCCC[C@H]2O1.Nc1cnc(-c2c(F)cccc2F)nc1C=O. The van der Waals surface area contributed by atoms with Crippen molar-refractivity contribution < 1.29 is 23.4 Å². The van der Waals surface area contributed by atoms with Crippen LogP contribution in [0.25, 0.3) is 11.4 Å². The van der Waals surface area contributed by atoms with Crippen LogP contribution < -0.4 is 11.1 Å². The van der Waals surface area contributed by atoms with E-state index in [1.807, 2.05) is 19.3 Å². The quantitative estimate of drug-likeness (QED) is 0.456. The molecule has 1 aromatic carbocycles. The lowest BCUT2D eigenvalue weighted by Gasteiger charge is -2.43. The molecule has 1 aliphatic heterocycles. The molecule has 3 aromatic rings. The van der Waals surface area contributed by atoms with Crippen molar-refractivity contribution in [3.8, 4) is 11.4 Å². The van der Waals surface area contributed by atoms with Gasteiger partial charge in [0.1, 0.15) is 17.3 Å². The van der Waals surface area contributed by atoms with Crippen molar-refractivity contribution in [3.63, 3.8) is 0 Å². The number of hydrogen-bond donors (Lipinski definition) is 3. The molecular formula is C26H29F2N5O3. The van der Waals surface area contributed by atoms with Crippen LogP contribution in [0.4, 0.5) is 20.2 Å². The van der Waals surface area contributed by atoms with Crippen molar-refractivity contribution in [2.24, 2.45) is 5.92 Å². The number of carbonyl (C=O) groups excluding carboxylic acids is 1. The van der Waals surface area contributed by atoms with E-state index in [4.69, 9.17) is 10.5 Å². The number of aliphatic hydroxyl groups excluding tert-OH is 1. The number of nitrogens with zero attached hydrogens (tertiary/aromatic N) is 3. The molecule has 36 heavy (non-hydrogen) atoms. The molecule has 0 spiro atoms. The number of benzene rings is 1. The maximum absolute atomic E-state index is 13.4. The fourth-order valence-electron chi connectivity index (χ4n) is 4.82. The van der Waals surface area contributed by atoms with E-state index in [9.17, 15) is 18.7 Å². The van der Waals surface area contributed by atoms with Crippen molar-refractivity contribution in [3.05, 3.63) is 65.7 Å². The predicted octanol–water partition coefficient (Wildman–Crippen LogP) is 4.32. The number of halogens is 2. The Labute approximate surface area is 208 Å². The second-order valence-electron chi connectivity index (χ2n) is 8.88. The van der Waals surface area contributed by atoms with E-state index < -0.39 is 11.6 Å². The van der Waals surface area contributed by atoms with E-state index in [1.54, 1.807) is 6.20 Å². The Hall–Kier alpha value is -3.50. The van der Waals surface area contributed by atoms with Gasteiger partial charge in [0.05, 0.1) is 47.6 Å². The van der Waals surface area contributed by atoms with Gasteiger partial charge in [-0.25, -0.2) is 18.7 Å². The predicted molar refractivity (Wildman–Crippen MR) is 131 cm³/mol. The number of aromatic nitrogens is 3. The number of fused-ring (bicyclic) bond motifs is 1. The van der Waals surface area contributed by atoms with Crippen LogP contribution in [0.5, 0.6) is 0 Å². The van der Waals surface area contributed by atoms with Gasteiger partial charge < -0.3 is 20.9 Å². The maximum Gasteiger partial charge on any atom is 0.170 e. The second kappa shape index (κ2) is 11.5. The zero-order valence-electron chi connectivity index (χ0n) is 19.9. The van der Waals surface area contributed by atoms with E-state index in [0.717, 1.165) is 42.4 Å². The largest absolute Gasteiger partial charge is 0.396 e. The van der Waals surface area contributed by atoms with E-state index in [0.29, 0.717) is 18.6 Å². The molecule has 5 rings (SSSR count). The standard InChI is InChI=1S/C15H22N2O2.C11H7F2N3O/c1-16-12-9-17-7-6-10(12)15-8-13(18)11-4-2-3-5-14(11)19-15;12-6-2-1-3-7(13)10(6)11-15-4-8(14)9(5-17)16-11/h6-7,9,11,13-16,18H,2-5,8H2,1H3;1-5H,14H2/t11-,13?,14-,15?;/m1./s1. The monoisotopic (exact) mass is 497 g/mol. The molecule has 2 aromatic heterocycles. The van der Waals surface area contributed by atoms with Gasteiger partial charge in [-0.05, 0) is 31.0 Å². The smallest absolute Gasteiger partial charge is 0.170 e.